The maximum absolute atomic E-state index is 12.0. The lowest BCUT2D eigenvalue weighted by molar-refractivity contribution is -0.115. The van der Waals surface area contributed by atoms with Gasteiger partial charge in [0.05, 0.1) is 16.3 Å². The maximum atomic E-state index is 12.0. The van der Waals surface area contributed by atoms with Gasteiger partial charge in [-0.25, -0.2) is 4.98 Å². The highest BCUT2D eigenvalue weighted by Gasteiger charge is 2.23. The Morgan fingerprint density at radius 3 is 2.65 bits per heavy atom. The van der Waals surface area contributed by atoms with Crippen molar-refractivity contribution in [3.05, 3.63) is 65.3 Å². The molecule has 0 saturated carbocycles. The van der Waals surface area contributed by atoms with Crippen LogP contribution in [-0.4, -0.2) is 19.6 Å². The van der Waals surface area contributed by atoms with E-state index in [1.54, 1.807) is 0 Å². The molecule has 0 unspecified atom stereocenters. The number of hydrogen-bond acceptors (Lipinski definition) is 4. The first-order chi connectivity index (χ1) is 11.2. The largest absolute Gasteiger partial charge is 0.307 e. The first-order valence-corrected chi connectivity index (χ1v) is 8.22. The average molecular weight is 337 g/mol. The molecule has 1 aliphatic heterocycles. The Bertz CT molecular complexity index is 960. The highest BCUT2D eigenvalue weighted by atomic mass is 32.2. The van der Waals surface area contributed by atoms with Crippen LogP contribution in [0.1, 0.15) is 5.69 Å². The van der Waals surface area contributed by atoms with Gasteiger partial charge in [-0.1, -0.05) is 60.4 Å². The Morgan fingerprint density at radius 1 is 1.13 bits per heavy atom. The van der Waals surface area contributed by atoms with E-state index in [4.69, 9.17) is 17.2 Å². The maximum Gasteiger partial charge on any atom is 0.263 e. The number of thioether (sulfide) groups is 1. The van der Waals surface area contributed by atoms with E-state index in [2.05, 4.69) is 5.32 Å². The minimum Gasteiger partial charge on any atom is -0.307 e. The number of carbonyl (C=O) groups is 1. The van der Waals surface area contributed by atoms with Gasteiger partial charge in [0.15, 0.2) is 0 Å². The van der Waals surface area contributed by atoms with Crippen molar-refractivity contribution in [3.63, 3.8) is 0 Å². The molecule has 0 bridgehead atoms. The molecule has 0 radical (unpaired) electrons. The monoisotopic (exact) mass is 337 g/mol. The number of aromatic nitrogens is 2. The van der Waals surface area contributed by atoms with Crippen molar-refractivity contribution in [1.29, 1.82) is 0 Å². The van der Waals surface area contributed by atoms with E-state index in [1.807, 2.05) is 65.2 Å². The summed E-state index contributed by atoms with van der Waals surface area (Å²) in [7, 11) is 0. The summed E-state index contributed by atoms with van der Waals surface area (Å²) in [4.78, 5) is 17.3. The minimum absolute atomic E-state index is 0.162. The van der Waals surface area contributed by atoms with Crippen LogP contribution in [0.15, 0.2) is 59.6 Å². The zero-order valence-electron chi connectivity index (χ0n) is 11.9. The van der Waals surface area contributed by atoms with Gasteiger partial charge in [0, 0.05) is 11.8 Å². The van der Waals surface area contributed by atoms with E-state index in [-0.39, 0.29) is 5.91 Å². The lowest BCUT2D eigenvalue weighted by Crippen LogP contribution is -2.17. The van der Waals surface area contributed by atoms with E-state index in [0.29, 0.717) is 9.23 Å². The standard InChI is InChI=1S/C17H11N3OS2/c21-16-13(23-17(22)19-16)10-12-15(11-6-2-1-3-7-11)18-14-8-4-5-9-20(12)14/h1-10H,(H,19,21,22)/b13-10+. The van der Waals surface area contributed by atoms with Crippen LogP contribution in [0.25, 0.3) is 23.0 Å². The topological polar surface area (TPSA) is 46.4 Å². The molecule has 23 heavy (non-hydrogen) atoms. The predicted octanol–water partition coefficient (Wildman–Crippen LogP) is 3.49. The fourth-order valence-corrected chi connectivity index (χ4v) is 3.53. The minimum atomic E-state index is -0.162. The van der Waals surface area contributed by atoms with Crippen LogP contribution in [0, 0.1) is 0 Å². The fraction of sp³-hybridized carbons (Fsp3) is 0. The number of nitrogens with one attached hydrogen (secondary N) is 1. The number of thiocarbonyl (C=S) groups is 1. The molecule has 4 nitrogen and oxygen atoms in total. The summed E-state index contributed by atoms with van der Waals surface area (Å²) in [6, 6.07) is 15.8. The molecule has 1 saturated heterocycles. The SMILES string of the molecule is O=C1NC(=S)S/C1=C/c1c(-c2ccccc2)nc2ccccn12. The van der Waals surface area contributed by atoms with Gasteiger partial charge >= 0.3 is 0 Å². The van der Waals surface area contributed by atoms with Crippen LogP contribution in [0.4, 0.5) is 0 Å². The molecule has 0 aliphatic carbocycles. The molecule has 1 N–H and O–H groups in total. The summed E-state index contributed by atoms with van der Waals surface area (Å²) in [5.74, 6) is -0.162. The van der Waals surface area contributed by atoms with Crippen molar-refractivity contribution in [2.24, 2.45) is 0 Å². The average Bonchev–Trinajstić information content (AvgIpc) is 3.09. The van der Waals surface area contributed by atoms with Gasteiger partial charge in [0.1, 0.15) is 9.97 Å². The number of hydrogen-bond donors (Lipinski definition) is 1. The smallest absolute Gasteiger partial charge is 0.263 e. The second-order valence-electron chi connectivity index (χ2n) is 4.99. The summed E-state index contributed by atoms with van der Waals surface area (Å²) in [5, 5.41) is 2.64. The summed E-state index contributed by atoms with van der Waals surface area (Å²) in [5.41, 5.74) is 3.56. The second kappa shape index (κ2) is 5.64. The number of amides is 1. The number of rotatable bonds is 2. The van der Waals surface area contributed by atoms with Gasteiger partial charge in [-0.15, -0.1) is 0 Å². The Balaban J connectivity index is 1.95. The Morgan fingerprint density at radius 2 is 1.91 bits per heavy atom. The number of nitrogens with zero attached hydrogens (tertiary/aromatic N) is 2. The fourth-order valence-electron chi connectivity index (χ4n) is 2.51. The lowest BCUT2D eigenvalue weighted by Gasteiger charge is -2.01. The molecule has 0 spiro atoms. The summed E-state index contributed by atoms with van der Waals surface area (Å²) in [6.07, 6.45) is 3.79. The van der Waals surface area contributed by atoms with Crippen molar-refractivity contribution in [2.45, 2.75) is 0 Å². The van der Waals surface area contributed by atoms with Crippen LogP contribution in [0.3, 0.4) is 0 Å². The van der Waals surface area contributed by atoms with Crippen LogP contribution in [0.5, 0.6) is 0 Å². The summed E-state index contributed by atoms with van der Waals surface area (Å²) < 4.78 is 2.46. The number of fused-ring (bicyclic) bond motifs is 1. The molecule has 1 aliphatic rings. The van der Waals surface area contributed by atoms with E-state index in [1.165, 1.54) is 11.8 Å². The quantitative estimate of drug-likeness (QED) is 0.574. The Hall–Kier alpha value is -2.44. The van der Waals surface area contributed by atoms with Gasteiger partial charge < -0.3 is 5.32 Å². The summed E-state index contributed by atoms with van der Waals surface area (Å²) in [6.45, 7) is 0. The molecule has 2 aromatic heterocycles. The molecule has 3 aromatic rings. The zero-order valence-corrected chi connectivity index (χ0v) is 13.5. The van der Waals surface area contributed by atoms with E-state index < -0.39 is 0 Å². The third-order valence-electron chi connectivity index (χ3n) is 3.52. The van der Waals surface area contributed by atoms with Crippen molar-refractivity contribution in [1.82, 2.24) is 14.7 Å². The lowest BCUT2D eigenvalue weighted by atomic mass is 10.1. The Labute approximate surface area is 142 Å². The molecular weight excluding hydrogens is 326 g/mol. The molecule has 1 amide bonds. The number of imidazole rings is 1. The number of benzene rings is 1. The van der Waals surface area contributed by atoms with Crippen LogP contribution in [-0.2, 0) is 4.79 Å². The van der Waals surface area contributed by atoms with E-state index in [9.17, 15) is 4.79 Å². The molecular formula is C17H11N3OS2. The third kappa shape index (κ3) is 2.56. The molecule has 6 heteroatoms. The Kier molecular flexibility index (Phi) is 3.48. The van der Waals surface area contributed by atoms with Crippen molar-refractivity contribution in [2.75, 3.05) is 0 Å². The predicted molar refractivity (Wildman–Crippen MR) is 96.9 cm³/mol. The van der Waals surface area contributed by atoms with Gasteiger partial charge in [-0.05, 0) is 18.2 Å². The van der Waals surface area contributed by atoms with Gasteiger partial charge in [0.25, 0.3) is 5.91 Å². The van der Waals surface area contributed by atoms with Crippen LogP contribution >= 0.6 is 24.0 Å². The van der Waals surface area contributed by atoms with Gasteiger partial charge in [-0.3, -0.25) is 9.20 Å². The number of pyridine rings is 1. The first kappa shape index (κ1) is 14.2. The highest BCUT2D eigenvalue weighted by molar-refractivity contribution is 8.26. The molecule has 1 fully saturated rings. The van der Waals surface area contributed by atoms with E-state index >= 15 is 0 Å². The molecule has 3 heterocycles. The zero-order chi connectivity index (χ0) is 15.8. The third-order valence-corrected chi connectivity index (χ3v) is 4.69. The van der Waals surface area contributed by atoms with Crippen molar-refractivity contribution >= 4 is 45.9 Å². The van der Waals surface area contributed by atoms with Crippen LogP contribution < -0.4 is 5.32 Å². The molecule has 4 rings (SSSR count). The van der Waals surface area contributed by atoms with Gasteiger partial charge in [-0.2, -0.15) is 0 Å². The highest BCUT2D eigenvalue weighted by Crippen LogP contribution is 2.31. The normalized spacial score (nSPS) is 16.3. The van der Waals surface area contributed by atoms with Gasteiger partial charge in [0.2, 0.25) is 0 Å². The molecule has 1 aromatic carbocycles. The number of carbonyl (C=O) groups excluding carboxylic acids is 1. The van der Waals surface area contributed by atoms with Crippen molar-refractivity contribution in [3.8, 4) is 11.3 Å². The summed E-state index contributed by atoms with van der Waals surface area (Å²) >= 11 is 6.33. The van der Waals surface area contributed by atoms with E-state index in [0.717, 1.165) is 22.6 Å². The van der Waals surface area contributed by atoms with Crippen LogP contribution in [0.2, 0.25) is 0 Å². The second-order valence-corrected chi connectivity index (χ2v) is 6.71. The molecule has 0 atom stereocenters. The van der Waals surface area contributed by atoms with Crippen molar-refractivity contribution < 1.29 is 4.79 Å². The molecule has 112 valence electrons. The first-order valence-electron chi connectivity index (χ1n) is 7.00.